The van der Waals surface area contributed by atoms with E-state index in [1.165, 1.54) is 12.1 Å². The van der Waals surface area contributed by atoms with Gasteiger partial charge in [0.1, 0.15) is 0 Å². The topological polar surface area (TPSA) is 44.8 Å². The number of hydrogen-bond acceptors (Lipinski definition) is 4. The van der Waals surface area contributed by atoms with Crippen LogP contribution in [0, 0.1) is 0 Å². The molecule has 2 atom stereocenters. The molecule has 0 aliphatic carbocycles. The molecule has 0 aromatic carbocycles. The van der Waals surface area contributed by atoms with E-state index in [0.717, 1.165) is 18.9 Å². The Morgan fingerprint density at radius 3 is 1.94 bits per heavy atom. The molecule has 0 aromatic rings. The summed E-state index contributed by atoms with van der Waals surface area (Å²) in [7, 11) is -6.54. The number of carbonyl (C=O) groups excluding carboxylic acids is 1. The summed E-state index contributed by atoms with van der Waals surface area (Å²) in [4.78, 5) is 11.7. The SMILES string of the molecule is C=C(C)C(=O)OCCC[Si](C)(C)C(C)(CC)O[Si](C)(C)CC[Si](C)(C)C(C)O[Si](C)(C)C. The van der Waals surface area contributed by atoms with Crippen molar-refractivity contribution in [3.05, 3.63) is 12.2 Å². The lowest BCUT2D eigenvalue weighted by Gasteiger charge is -2.48. The van der Waals surface area contributed by atoms with Crippen LogP contribution in [0.5, 0.6) is 0 Å². The third-order valence-corrected chi connectivity index (χ3v) is 20.4. The van der Waals surface area contributed by atoms with Crippen LogP contribution in [-0.4, -0.2) is 56.3 Å². The van der Waals surface area contributed by atoms with Crippen LogP contribution < -0.4 is 0 Å². The molecule has 0 saturated heterocycles. The van der Waals surface area contributed by atoms with Crippen LogP contribution >= 0.6 is 0 Å². The first-order chi connectivity index (χ1) is 14.2. The Labute approximate surface area is 204 Å². The van der Waals surface area contributed by atoms with Crippen molar-refractivity contribution in [3.8, 4) is 0 Å². The van der Waals surface area contributed by atoms with Crippen molar-refractivity contribution in [1.29, 1.82) is 0 Å². The summed E-state index contributed by atoms with van der Waals surface area (Å²) in [6.45, 7) is 34.2. The number of hydrogen-bond donors (Lipinski definition) is 0. The summed E-state index contributed by atoms with van der Waals surface area (Å²) in [5.41, 5.74) is 0.858. The summed E-state index contributed by atoms with van der Waals surface area (Å²) in [6.07, 6.45) is 1.93. The minimum Gasteiger partial charge on any atom is -0.462 e. The van der Waals surface area contributed by atoms with Crippen LogP contribution in [0.2, 0.25) is 77.1 Å². The van der Waals surface area contributed by atoms with E-state index in [0.29, 0.717) is 17.9 Å². The number of ether oxygens (including phenoxy) is 1. The Balaban J connectivity index is 5.07. The molecule has 0 aromatic heterocycles. The van der Waals surface area contributed by atoms with E-state index in [4.69, 9.17) is 13.6 Å². The first kappa shape index (κ1) is 32.0. The molecule has 0 aliphatic heterocycles. The smallest absolute Gasteiger partial charge is 0.333 e. The minimum absolute atomic E-state index is 0.0623. The van der Waals surface area contributed by atoms with Gasteiger partial charge in [-0.2, -0.15) is 0 Å². The van der Waals surface area contributed by atoms with Crippen LogP contribution in [0.1, 0.15) is 40.5 Å². The molecule has 190 valence electrons. The summed E-state index contributed by atoms with van der Waals surface area (Å²) < 4.78 is 18.9. The van der Waals surface area contributed by atoms with Gasteiger partial charge in [-0.3, -0.25) is 0 Å². The third-order valence-electron chi connectivity index (χ3n) is 7.14. The van der Waals surface area contributed by atoms with Gasteiger partial charge >= 0.3 is 5.97 Å². The molecule has 0 heterocycles. The average molecular weight is 519 g/mol. The highest BCUT2D eigenvalue weighted by Gasteiger charge is 2.46. The number of esters is 1. The van der Waals surface area contributed by atoms with Crippen LogP contribution in [0.4, 0.5) is 0 Å². The van der Waals surface area contributed by atoms with Gasteiger partial charge in [0.2, 0.25) is 0 Å². The molecule has 0 bridgehead atoms. The maximum Gasteiger partial charge on any atom is 0.333 e. The highest BCUT2D eigenvalue weighted by atomic mass is 28.4. The van der Waals surface area contributed by atoms with E-state index < -0.39 is 32.8 Å². The monoisotopic (exact) mass is 518 g/mol. The lowest BCUT2D eigenvalue weighted by molar-refractivity contribution is -0.138. The Morgan fingerprint density at radius 1 is 0.969 bits per heavy atom. The molecular weight excluding hydrogens is 465 g/mol. The van der Waals surface area contributed by atoms with Crippen LogP contribution in [0.15, 0.2) is 12.2 Å². The van der Waals surface area contributed by atoms with Crippen molar-refractivity contribution < 1.29 is 18.4 Å². The van der Waals surface area contributed by atoms with Gasteiger partial charge in [-0.05, 0) is 72.4 Å². The third kappa shape index (κ3) is 10.9. The first-order valence-corrected chi connectivity index (χ1v) is 25.4. The maximum atomic E-state index is 11.7. The molecule has 8 heteroatoms. The Kier molecular flexibility index (Phi) is 12.1. The van der Waals surface area contributed by atoms with Crippen molar-refractivity contribution in [2.75, 3.05) is 6.61 Å². The second-order valence-electron chi connectivity index (χ2n) is 12.7. The maximum absolute atomic E-state index is 11.7. The van der Waals surface area contributed by atoms with Crippen molar-refractivity contribution in [1.82, 2.24) is 0 Å². The zero-order chi connectivity index (χ0) is 25.6. The van der Waals surface area contributed by atoms with Gasteiger partial charge in [0.05, 0.1) is 22.8 Å². The van der Waals surface area contributed by atoms with Gasteiger partial charge in [-0.25, -0.2) is 4.79 Å². The number of rotatable bonds is 15. The van der Waals surface area contributed by atoms with E-state index in [2.05, 4.69) is 86.3 Å². The van der Waals surface area contributed by atoms with Gasteiger partial charge in [0, 0.05) is 16.5 Å². The van der Waals surface area contributed by atoms with Crippen LogP contribution in [0.25, 0.3) is 0 Å². The molecule has 4 nitrogen and oxygen atoms in total. The minimum atomic E-state index is -1.84. The summed E-state index contributed by atoms with van der Waals surface area (Å²) in [5.74, 6) is -0.286. The van der Waals surface area contributed by atoms with Gasteiger partial charge in [0.25, 0.3) is 0 Å². The van der Waals surface area contributed by atoms with Gasteiger partial charge in [-0.15, -0.1) is 0 Å². The van der Waals surface area contributed by atoms with Crippen LogP contribution in [-0.2, 0) is 18.4 Å². The molecule has 0 aliphatic rings. The zero-order valence-corrected chi connectivity index (χ0v) is 27.7. The highest BCUT2D eigenvalue weighted by Crippen LogP contribution is 2.37. The summed E-state index contributed by atoms with van der Waals surface area (Å²) in [5, 5.41) is -0.0623. The molecule has 0 spiro atoms. The zero-order valence-electron chi connectivity index (χ0n) is 23.7. The Bertz CT molecular complexity index is 626. The predicted octanol–water partition coefficient (Wildman–Crippen LogP) is 7.62. The lowest BCUT2D eigenvalue weighted by Crippen LogP contribution is -2.58. The van der Waals surface area contributed by atoms with Gasteiger partial charge in [0.15, 0.2) is 16.6 Å². The molecule has 2 unspecified atom stereocenters. The molecule has 0 rings (SSSR count). The molecular formula is C24H54O4Si4. The van der Waals surface area contributed by atoms with Crippen molar-refractivity contribution in [3.63, 3.8) is 0 Å². The standard InChI is InChI=1S/C24H54O4Si4/c1-15-24(5,31(11,12)18-16-17-26-23(25)21(2)3)28-32(13,14)20-19-30(9,10)22(4)27-29(6,7)8/h22H,2,15-20H2,1,3-14H3. The van der Waals surface area contributed by atoms with Crippen molar-refractivity contribution in [2.24, 2.45) is 0 Å². The Hall–Kier alpha value is -0.00247. The van der Waals surface area contributed by atoms with Crippen molar-refractivity contribution >= 4 is 38.8 Å². The second-order valence-corrected chi connectivity index (χ2v) is 32.0. The van der Waals surface area contributed by atoms with E-state index in [-0.39, 0.29) is 11.2 Å². The molecule has 0 N–H and O–H groups in total. The van der Waals surface area contributed by atoms with Gasteiger partial charge < -0.3 is 13.6 Å². The normalized spacial score (nSPS) is 16.4. The van der Waals surface area contributed by atoms with E-state index in [1.54, 1.807) is 6.92 Å². The fourth-order valence-electron chi connectivity index (χ4n) is 3.93. The molecule has 0 saturated carbocycles. The highest BCUT2D eigenvalue weighted by molar-refractivity contribution is 6.84. The fourth-order valence-corrected chi connectivity index (χ4v) is 18.6. The van der Waals surface area contributed by atoms with E-state index >= 15 is 0 Å². The largest absolute Gasteiger partial charge is 0.462 e. The predicted molar refractivity (Wildman–Crippen MR) is 151 cm³/mol. The number of carbonyl (C=O) groups is 1. The molecule has 0 fully saturated rings. The molecule has 0 radical (unpaired) electrons. The average Bonchev–Trinajstić information content (AvgIpc) is 2.61. The molecule has 32 heavy (non-hydrogen) atoms. The van der Waals surface area contributed by atoms with E-state index in [1.807, 2.05) is 0 Å². The summed E-state index contributed by atoms with van der Waals surface area (Å²) >= 11 is 0. The summed E-state index contributed by atoms with van der Waals surface area (Å²) in [6, 6.07) is 3.55. The lowest BCUT2D eigenvalue weighted by atomic mass is 10.3. The van der Waals surface area contributed by atoms with Gasteiger partial charge in [-0.1, -0.05) is 51.8 Å². The fraction of sp³-hybridized carbons (Fsp3) is 0.875. The second kappa shape index (κ2) is 12.1. The quantitative estimate of drug-likeness (QED) is 0.0967. The Morgan fingerprint density at radius 2 is 1.50 bits per heavy atom. The van der Waals surface area contributed by atoms with E-state index in [9.17, 15) is 4.79 Å². The molecule has 0 amide bonds. The van der Waals surface area contributed by atoms with Crippen molar-refractivity contribution in [2.45, 2.75) is 129 Å². The first-order valence-electron chi connectivity index (χ1n) is 12.4. The van der Waals surface area contributed by atoms with Crippen LogP contribution in [0.3, 0.4) is 0 Å².